The molecule has 0 saturated heterocycles. The van der Waals surface area contributed by atoms with Gasteiger partial charge in [-0.3, -0.25) is 0 Å². The third kappa shape index (κ3) is 0.571. The molecule has 1 nitrogen and oxygen atoms in total. The van der Waals surface area contributed by atoms with Crippen LogP contribution in [0.2, 0.25) is 0 Å². The van der Waals surface area contributed by atoms with E-state index in [9.17, 15) is 0 Å². The van der Waals surface area contributed by atoms with E-state index in [1.54, 1.807) is 0 Å². The zero-order valence-electron chi connectivity index (χ0n) is 3.59. The zero-order chi connectivity index (χ0) is 4.41. The van der Waals surface area contributed by atoms with E-state index in [1.165, 1.54) is 0 Å². The molecule has 1 aromatic heterocycles. The molecule has 0 aliphatic carbocycles. The Kier molecular flexibility index (Phi) is 0.881. The summed E-state index contributed by atoms with van der Waals surface area (Å²) in [5.74, 6) is 0. The van der Waals surface area contributed by atoms with Gasteiger partial charge in [0.1, 0.15) is 6.26 Å². The second-order valence-corrected chi connectivity index (χ2v) is 2.64. The van der Waals surface area contributed by atoms with Crippen molar-refractivity contribution in [1.82, 2.24) is 4.37 Å². The van der Waals surface area contributed by atoms with Crippen molar-refractivity contribution in [3.8, 4) is 0 Å². The molecule has 1 rings (SSSR count). The van der Waals surface area contributed by atoms with Gasteiger partial charge in [0.05, 0.1) is 16.9 Å². The summed E-state index contributed by atoms with van der Waals surface area (Å²) in [5.41, 5.74) is 0. The van der Waals surface area contributed by atoms with Crippen LogP contribution in [0.25, 0.3) is 0 Å². The number of hydrogen-bond acceptors (Lipinski definition) is 1. The Hall–Kier alpha value is -0.370. The number of aryl methyl sites for hydroxylation is 1. The Labute approximate surface area is 39.8 Å². The second-order valence-electron chi connectivity index (χ2n) is 1.11. The molecular weight excluding hydrogens is 94.1 g/mol. The minimum absolute atomic E-state index is 0.216. The summed E-state index contributed by atoms with van der Waals surface area (Å²) < 4.78 is 4.03. The number of rotatable bonds is 0. The second kappa shape index (κ2) is 1.39. The third-order valence-corrected chi connectivity index (χ3v) is 1.59. The molecule has 1 unspecified atom stereocenters. The van der Waals surface area contributed by atoms with Crippen molar-refractivity contribution < 1.29 is 0 Å². The van der Waals surface area contributed by atoms with Gasteiger partial charge in [0.25, 0.3) is 0 Å². The van der Waals surface area contributed by atoms with Crippen LogP contribution < -0.4 is 0 Å². The average Bonchev–Trinajstić information content (AvgIpc) is 1.86. The maximum absolute atomic E-state index is 4.03. The molecule has 0 spiro atoms. The lowest BCUT2D eigenvalue weighted by Crippen LogP contribution is -1.46. The largest absolute Gasteiger partial charge is 0.163 e. The van der Waals surface area contributed by atoms with Crippen molar-refractivity contribution in [3.05, 3.63) is 17.6 Å². The molecule has 2 heteroatoms. The van der Waals surface area contributed by atoms with Crippen LogP contribution in [0, 0.1) is 0 Å². The quantitative estimate of drug-likeness (QED) is 0.449. The van der Waals surface area contributed by atoms with Gasteiger partial charge in [0.2, 0.25) is 0 Å². The lowest BCUT2D eigenvalue weighted by molar-refractivity contribution is 1.56. The Balaban J connectivity index is 3.05. The Morgan fingerprint density at radius 1 is 1.67 bits per heavy atom. The van der Waals surface area contributed by atoms with Gasteiger partial charge in [0, 0.05) is 6.07 Å². The van der Waals surface area contributed by atoms with Crippen molar-refractivity contribution in [2.24, 2.45) is 6.26 Å². The van der Waals surface area contributed by atoms with E-state index in [4.69, 9.17) is 0 Å². The minimum atomic E-state index is 0.216. The third-order valence-electron chi connectivity index (χ3n) is 0.589. The summed E-state index contributed by atoms with van der Waals surface area (Å²) in [5, 5.41) is 2.08. The highest BCUT2D eigenvalue weighted by Gasteiger charge is 1.86. The standard InChI is InChI=1S/C4H6NS/c1-6-4-2-3-5-6/h2-4H,1H3/q+1. The molecule has 0 bridgehead atoms. The Bertz CT molecular complexity index is 111. The SMILES string of the molecule is C[s+]1cccn1. The Morgan fingerprint density at radius 2 is 2.50 bits per heavy atom. The van der Waals surface area contributed by atoms with Gasteiger partial charge >= 0.3 is 0 Å². The summed E-state index contributed by atoms with van der Waals surface area (Å²) in [7, 11) is 0.216. The van der Waals surface area contributed by atoms with Crippen molar-refractivity contribution in [2.75, 3.05) is 0 Å². The molecular formula is C4H6NS+. The average molecular weight is 100 g/mol. The fraction of sp³-hybridized carbons (Fsp3) is 0.250. The van der Waals surface area contributed by atoms with E-state index in [1.807, 2.05) is 12.3 Å². The van der Waals surface area contributed by atoms with Crippen LogP contribution >= 0.6 is 10.7 Å². The lowest BCUT2D eigenvalue weighted by Gasteiger charge is -1.53. The number of nitrogens with zero attached hydrogens (tertiary/aromatic N) is 1. The van der Waals surface area contributed by atoms with E-state index >= 15 is 0 Å². The fourth-order valence-corrected chi connectivity index (χ4v) is 0.945. The van der Waals surface area contributed by atoms with Gasteiger partial charge in [0.15, 0.2) is 5.38 Å². The first-order valence-electron chi connectivity index (χ1n) is 1.75. The van der Waals surface area contributed by atoms with E-state index in [0.717, 1.165) is 0 Å². The van der Waals surface area contributed by atoms with Gasteiger partial charge in [-0.25, -0.2) is 0 Å². The molecule has 0 radical (unpaired) electrons. The Morgan fingerprint density at radius 3 is 2.67 bits per heavy atom. The monoisotopic (exact) mass is 100 g/mol. The maximum Gasteiger partial charge on any atom is 0.163 e. The predicted octanol–water partition coefficient (Wildman–Crippen LogP) is 1.37. The van der Waals surface area contributed by atoms with Gasteiger partial charge in [-0.2, -0.15) is 0 Å². The van der Waals surface area contributed by atoms with Crippen molar-refractivity contribution in [3.63, 3.8) is 0 Å². The molecule has 0 N–H and O–H groups in total. The molecule has 1 atom stereocenters. The van der Waals surface area contributed by atoms with Crippen LogP contribution in [0.5, 0.6) is 0 Å². The first kappa shape index (κ1) is 3.81. The zero-order valence-corrected chi connectivity index (χ0v) is 4.40. The van der Waals surface area contributed by atoms with E-state index in [-0.39, 0.29) is 10.7 Å². The van der Waals surface area contributed by atoms with E-state index in [0.29, 0.717) is 0 Å². The molecule has 6 heavy (non-hydrogen) atoms. The van der Waals surface area contributed by atoms with Crippen molar-refractivity contribution in [2.45, 2.75) is 0 Å². The highest BCUT2D eigenvalue weighted by molar-refractivity contribution is 7.22. The maximum atomic E-state index is 4.03. The topological polar surface area (TPSA) is 12.9 Å². The van der Waals surface area contributed by atoms with Crippen LogP contribution in [-0.2, 0) is 6.26 Å². The molecule has 0 aromatic carbocycles. The number of hydrogen-bond donors (Lipinski definition) is 0. The highest BCUT2D eigenvalue weighted by Crippen LogP contribution is 2.02. The molecule has 0 fully saturated rings. The van der Waals surface area contributed by atoms with Crippen molar-refractivity contribution in [1.29, 1.82) is 0 Å². The first-order valence-corrected chi connectivity index (χ1v) is 3.40. The molecule has 32 valence electrons. The molecule has 0 aliphatic rings. The molecule has 0 saturated carbocycles. The summed E-state index contributed by atoms with van der Waals surface area (Å²) >= 11 is 0. The van der Waals surface area contributed by atoms with Crippen LogP contribution in [-0.4, -0.2) is 4.37 Å². The minimum Gasteiger partial charge on any atom is -0.0469 e. The predicted molar refractivity (Wildman–Crippen MR) is 27.7 cm³/mol. The molecule has 0 amide bonds. The lowest BCUT2D eigenvalue weighted by atomic mass is 10.8. The summed E-state index contributed by atoms with van der Waals surface area (Å²) in [6.45, 7) is 0. The van der Waals surface area contributed by atoms with E-state index in [2.05, 4.69) is 16.0 Å². The first-order chi connectivity index (χ1) is 2.89. The molecule has 0 aliphatic heterocycles. The fourth-order valence-electron chi connectivity index (χ4n) is 0.315. The van der Waals surface area contributed by atoms with Gasteiger partial charge in [-0.05, 0) is 4.37 Å². The van der Waals surface area contributed by atoms with Crippen LogP contribution in [0.4, 0.5) is 0 Å². The summed E-state index contributed by atoms with van der Waals surface area (Å²) in [6, 6.07) is 1.98. The van der Waals surface area contributed by atoms with E-state index < -0.39 is 0 Å². The van der Waals surface area contributed by atoms with Crippen LogP contribution in [0.3, 0.4) is 0 Å². The summed E-state index contributed by atoms with van der Waals surface area (Å²) in [4.78, 5) is 0. The highest BCUT2D eigenvalue weighted by atomic mass is 32.2. The molecule has 1 aromatic rings. The van der Waals surface area contributed by atoms with Crippen molar-refractivity contribution >= 4 is 10.7 Å². The summed E-state index contributed by atoms with van der Waals surface area (Å²) in [6.07, 6.45) is 3.92. The smallest absolute Gasteiger partial charge is 0.0469 e. The van der Waals surface area contributed by atoms with Crippen LogP contribution in [0.15, 0.2) is 17.6 Å². The van der Waals surface area contributed by atoms with Crippen LogP contribution in [0.1, 0.15) is 0 Å². The van der Waals surface area contributed by atoms with Gasteiger partial charge in [-0.15, -0.1) is 0 Å². The molecule has 1 heterocycles. The van der Waals surface area contributed by atoms with Gasteiger partial charge in [-0.1, -0.05) is 0 Å². The van der Waals surface area contributed by atoms with Gasteiger partial charge < -0.3 is 0 Å². The number of aromatic nitrogens is 1. The normalized spacial score (nSPS) is 11.8.